The molecule has 0 aliphatic carbocycles. The molecule has 26 heavy (non-hydrogen) atoms. The Morgan fingerprint density at radius 1 is 1.12 bits per heavy atom. The number of aryl methyl sites for hydroxylation is 2. The third kappa shape index (κ3) is 3.81. The second-order valence-electron chi connectivity index (χ2n) is 6.07. The molecule has 134 valence electrons. The summed E-state index contributed by atoms with van der Waals surface area (Å²) in [6.07, 6.45) is 0.955. The van der Waals surface area contributed by atoms with Crippen molar-refractivity contribution >= 4 is 11.6 Å². The number of hydrogen-bond donors (Lipinski definition) is 1. The van der Waals surface area contributed by atoms with Gasteiger partial charge in [-0.3, -0.25) is 4.79 Å². The zero-order valence-electron chi connectivity index (χ0n) is 15.2. The first kappa shape index (κ1) is 17.8. The number of carbonyl (C=O) groups excluding carboxylic acids is 1. The van der Waals surface area contributed by atoms with Gasteiger partial charge in [0.15, 0.2) is 5.69 Å². The molecule has 2 aromatic carbocycles. The van der Waals surface area contributed by atoms with Crippen LogP contribution in [0.1, 0.15) is 34.2 Å². The third-order valence-electron chi connectivity index (χ3n) is 4.16. The molecule has 0 radical (unpaired) electrons. The first-order chi connectivity index (χ1) is 12.6. The van der Waals surface area contributed by atoms with Crippen LogP contribution in [0.5, 0.6) is 0 Å². The average Bonchev–Trinajstić information content (AvgIpc) is 3.07. The van der Waals surface area contributed by atoms with Crippen molar-refractivity contribution in [3.63, 3.8) is 0 Å². The van der Waals surface area contributed by atoms with Crippen LogP contribution in [0.3, 0.4) is 0 Å². The highest BCUT2D eigenvalue weighted by atomic mass is 16.5. The lowest BCUT2D eigenvalue weighted by Gasteiger charge is -2.08. The molecule has 0 fully saturated rings. The number of rotatable bonds is 6. The molecule has 0 saturated carbocycles. The van der Waals surface area contributed by atoms with Crippen LogP contribution >= 0.6 is 0 Å². The molecule has 1 aromatic heterocycles. The monoisotopic (exact) mass is 350 g/mol. The van der Waals surface area contributed by atoms with Gasteiger partial charge in [0.2, 0.25) is 0 Å². The molecule has 0 saturated heterocycles. The average molecular weight is 350 g/mol. The van der Waals surface area contributed by atoms with Crippen molar-refractivity contribution in [1.29, 1.82) is 0 Å². The lowest BCUT2D eigenvalue weighted by molar-refractivity contribution is 0.101. The zero-order chi connectivity index (χ0) is 18.5. The van der Waals surface area contributed by atoms with Gasteiger partial charge in [-0.05, 0) is 43.2 Å². The first-order valence-corrected chi connectivity index (χ1v) is 8.53. The molecule has 1 heterocycles. The quantitative estimate of drug-likeness (QED) is 0.738. The molecule has 0 aliphatic heterocycles. The number of anilines is 1. The van der Waals surface area contributed by atoms with Crippen LogP contribution < -0.4 is 5.32 Å². The molecule has 0 spiro atoms. The maximum Gasteiger partial charge on any atom is 0.278 e. The standard InChI is InChI=1S/C20H22N4O2/c1-4-15-7-9-16(10-8-15)21-20(25)19-18(13-26-3)24(23-22-19)17-11-5-14(2)6-12-17/h5-12H,4,13H2,1-3H3,(H,21,25). The molecule has 3 rings (SSSR count). The van der Waals surface area contributed by atoms with Gasteiger partial charge in [0.1, 0.15) is 5.69 Å². The van der Waals surface area contributed by atoms with Crippen LogP contribution in [0.25, 0.3) is 5.69 Å². The lowest BCUT2D eigenvalue weighted by atomic mass is 10.1. The normalized spacial score (nSPS) is 10.7. The highest BCUT2D eigenvalue weighted by Crippen LogP contribution is 2.17. The van der Waals surface area contributed by atoms with Crippen molar-refractivity contribution < 1.29 is 9.53 Å². The summed E-state index contributed by atoms with van der Waals surface area (Å²) in [5.74, 6) is -0.306. The molecular weight excluding hydrogens is 328 g/mol. The van der Waals surface area contributed by atoms with Gasteiger partial charge in [-0.1, -0.05) is 42.0 Å². The highest BCUT2D eigenvalue weighted by molar-refractivity contribution is 6.03. The van der Waals surface area contributed by atoms with Crippen LogP contribution in [0.4, 0.5) is 5.69 Å². The number of nitrogens with zero attached hydrogens (tertiary/aromatic N) is 3. The number of nitrogens with one attached hydrogen (secondary N) is 1. The van der Waals surface area contributed by atoms with E-state index < -0.39 is 0 Å². The molecule has 1 N–H and O–H groups in total. The summed E-state index contributed by atoms with van der Waals surface area (Å²) in [7, 11) is 1.58. The Kier molecular flexibility index (Phi) is 5.43. The Morgan fingerprint density at radius 3 is 2.42 bits per heavy atom. The van der Waals surface area contributed by atoms with Crippen molar-refractivity contribution in [2.75, 3.05) is 12.4 Å². The van der Waals surface area contributed by atoms with Gasteiger partial charge in [0.25, 0.3) is 5.91 Å². The van der Waals surface area contributed by atoms with Gasteiger partial charge >= 0.3 is 0 Å². The minimum atomic E-state index is -0.306. The second-order valence-corrected chi connectivity index (χ2v) is 6.07. The summed E-state index contributed by atoms with van der Waals surface area (Å²) in [6, 6.07) is 15.6. The smallest absolute Gasteiger partial charge is 0.278 e. The van der Waals surface area contributed by atoms with Crippen molar-refractivity contribution in [2.45, 2.75) is 26.9 Å². The maximum absolute atomic E-state index is 12.7. The SMILES string of the molecule is CCc1ccc(NC(=O)c2nnn(-c3ccc(C)cc3)c2COC)cc1. The predicted octanol–water partition coefficient (Wildman–Crippen LogP) is 3.54. The van der Waals surface area contributed by atoms with Crippen LogP contribution in [0, 0.1) is 6.92 Å². The fourth-order valence-corrected chi connectivity index (χ4v) is 2.65. The number of amides is 1. The topological polar surface area (TPSA) is 69.0 Å². The molecule has 6 heteroatoms. The van der Waals surface area contributed by atoms with E-state index in [0.717, 1.165) is 23.4 Å². The van der Waals surface area contributed by atoms with Gasteiger partial charge < -0.3 is 10.1 Å². The van der Waals surface area contributed by atoms with Crippen molar-refractivity contribution in [2.24, 2.45) is 0 Å². The first-order valence-electron chi connectivity index (χ1n) is 8.53. The summed E-state index contributed by atoms with van der Waals surface area (Å²) in [5.41, 5.74) is 4.79. The molecule has 0 bridgehead atoms. The number of hydrogen-bond acceptors (Lipinski definition) is 4. The van der Waals surface area contributed by atoms with E-state index in [-0.39, 0.29) is 18.2 Å². The summed E-state index contributed by atoms with van der Waals surface area (Å²) >= 11 is 0. The molecule has 6 nitrogen and oxygen atoms in total. The summed E-state index contributed by atoms with van der Waals surface area (Å²) < 4.78 is 6.90. The van der Waals surface area contributed by atoms with E-state index in [2.05, 4.69) is 22.6 Å². The fourth-order valence-electron chi connectivity index (χ4n) is 2.65. The van der Waals surface area contributed by atoms with Crippen molar-refractivity contribution in [3.8, 4) is 5.69 Å². The summed E-state index contributed by atoms with van der Waals surface area (Å²) in [4.78, 5) is 12.7. The molecule has 3 aromatic rings. The Morgan fingerprint density at radius 2 is 1.81 bits per heavy atom. The van der Waals surface area contributed by atoms with Gasteiger partial charge in [0.05, 0.1) is 12.3 Å². The van der Waals surface area contributed by atoms with Crippen LogP contribution in [-0.2, 0) is 17.8 Å². The highest BCUT2D eigenvalue weighted by Gasteiger charge is 2.20. The van der Waals surface area contributed by atoms with Gasteiger partial charge in [-0.25, -0.2) is 4.68 Å². The van der Waals surface area contributed by atoms with E-state index in [9.17, 15) is 4.79 Å². The van der Waals surface area contributed by atoms with E-state index in [4.69, 9.17) is 4.74 Å². The largest absolute Gasteiger partial charge is 0.378 e. The number of aromatic nitrogens is 3. The minimum absolute atomic E-state index is 0.235. The Balaban J connectivity index is 1.88. The van der Waals surface area contributed by atoms with Crippen molar-refractivity contribution in [1.82, 2.24) is 15.0 Å². The number of methoxy groups -OCH3 is 1. The van der Waals surface area contributed by atoms with E-state index in [1.54, 1.807) is 11.8 Å². The maximum atomic E-state index is 12.7. The second kappa shape index (κ2) is 7.93. The molecule has 0 unspecified atom stereocenters. The zero-order valence-corrected chi connectivity index (χ0v) is 15.2. The van der Waals surface area contributed by atoms with Crippen LogP contribution in [0.15, 0.2) is 48.5 Å². The molecule has 0 atom stereocenters. The van der Waals surface area contributed by atoms with E-state index in [1.165, 1.54) is 5.56 Å². The third-order valence-corrected chi connectivity index (χ3v) is 4.16. The summed E-state index contributed by atoms with van der Waals surface area (Å²) in [5, 5.41) is 11.1. The molecule has 0 aliphatic rings. The van der Waals surface area contributed by atoms with Gasteiger partial charge in [-0.15, -0.1) is 5.10 Å². The summed E-state index contributed by atoms with van der Waals surface area (Å²) in [6.45, 7) is 4.34. The lowest BCUT2D eigenvalue weighted by Crippen LogP contribution is -2.16. The Labute approximate surface area is 152 Å². The van der Waals surface area contributed by atoms with Crippen molar-refractivity contribution in [3.05, 3.63) is 71.0 Å². The van der Waals surface area contributed by atoms with E-state index in [0.29, 0.717) is 5.69 Å². The van der Waals surface area contributed by atoms with Gasteiger partial charge in [-0.2, -0.15) is 0 Å². The minimum Gasteiger partial charge on any atom is -0.378 e. The van der Waals surface area contributed by atoms with Gasteiger partial charge in [0, 0.05) is 12.8 Å². The fraction of sp³-hybridized carbons (Fsp3) is 0.250. The van der Waals surface area contributed by atoms with E-state index in [1.807, 2.05) is 55.5 Å². The number of carbonyl (C=O) groups is 1. The van der Waals surface area contributed by atoms with Crippen LogP contribution in [-0.4, -0.2) is 28.0 Å². The number of benzene rings is 2. The molecule has 1 amide bonds. The Hall–Kier alpha value is -2.99. The predicted molar refractivity (Wildman–Crippen MR) is 101 cm³/mol. The Bertz CT molecular complexity index is 883. The van der Waals surface area contributed by atoms with E-state index >= 15 is 0 Å². The molecular formula is C20H22N4O2. The van der Waals surface area contributed by atoms with Crippen LogP contribution in [0.2, 0.25) is 0 Å². The number of ether oxygens (including phenoxy) is 1.